The first-order chi connectivity index (χ1) is 7.07. The smallest absolute Gasteiger partial charge is 0.322 e. The van der Waals surface area contributed by atoms with Crippen LogP contribution in [0.4, 0.5) is 4.79 Å². The van der Waals surface area contributed by atoms with E-state index in [4.69, 9.17) is 16.9 Å². The summed E-state index contributed by atoms with van der Waals surface area (Å²) in [4.78, 5) is 22.6. The Kier molecular flexibility index (Phi) is 3.40. The first kappa shape index (κ1) is 11.2. The van der Waals surface area contributed by atoms with Crippen LogP contribution in [0.15, 0.2) is 16.8 Å². The summed E-state index contributed by atoms with van der Waals surface area (Å²) >= 11 is 1.38. The normalized spacial score (nSPS) is 11.7. The molecule has 1 unspecified atom stereocenters. The lowest BCUT2D eigenvalue weighted by Gasteiger charge is -2.23. The van der Waals surface area contributed by atoms with E-state index in [-0.39, 0.29) is 0 Å². The molecule has 0 aliphatic rings. The van der Waals surface area contributed by atoms with Crippen LogP contribution < -0.4 is 11.5 Å². The van der Waals surface area contributed by atoms with E-state index in [0.717, 1.165) is 4.90 Å². The fraction of sp³-hybridized carbons (Fsp3) is 0.125. The van der Waals surface area contributed by atoms with E-state index in [0.29, 0.717) is 11.8 Å². The standard InChI is InChI=1S/C8H10N4O2S/c9-7(10)12(8(11)14)6(3-13)5-1-2-15-4-5/h1-4,6H,(H3,9,10)(H2,11,14). The van der Waals surface area contributed by atoms with Gasteiger partial charge in [0.25, 0.3) is 0 Å². The highest BCUT2D eigenvalue weighted by Gasteiger charge is 2.25. The highest BCUT2D eigenvalue weighted by atomic mass is 32.1. The van der Waals surface area contributed by atoms with Gasteiger partial charge in [-0.3, -0.25) is 10.3 Å². The lowest BCUT2D eigenvalue weighted by molar-refractivity contribution is -0.110. The quantitative estimate of drug-likeness (QED) is 0.390. The minimum Gasteiger partial charge on any atom is -0.370 e. The fourth-order valence-electron chi connectivity index (χ4n) is 1.14. The third-order valence-corrected chi connectivity index (χ3v) is 2.49. The van der Waals surface area contributed by atoms with Gasteiger partial charge in [-0.2, -0.15) is 11.3 Å². The summed E-state index contributed by atoms with van der Waals surface area (Å²) in [6.07, 6.45) is 0.522. The van der Waals surface area contributed by atoms with Crippen LogP contribution >= 0.6 is 11.3 Å². The molecule has 1 atom stereocenters. The molecule has 1 aromatic rings. The van der Waals surface area contributed by atoms with Gasteiger partial charge < -0.3 is 16.3 Å². The predicted molar refractivity (Wildman–Crippen MR) is 56.5 cm³/mol. The number of hydrogen-bond donors (Lipinski definition) is 3. The Labute approximate surface area is 90.0 Å². The second kappa shape index (κ2) is 4.56. The Morgan fingerprint density at radius 2 is 2.27 bits per heavy atom. The first-order valence-electron chi connectivity index (χ1n) is 3.98. The zero-order valence-corrected chi connectivity index (χ0v) is 8.53. The Balaban J connectivity index is 3.04. The molecule has 1 aromatic heterocycles. The van der Waals surface area contributed by atoms with Crippen molar-refractivity contribution in [2.24, 2.45) is 11.5 Å². The lowest BCUT2D eigenvalue weighted by atomic mass is 10.1. The van der Waals surface area contributed by atoms with Gasteiger partial charge in [0.1, 0.15) is 12.3 Å². The second-order valence-corrected chi connectivity index (χ2v) is 3.51. The molecule has 80 valence electrons. The molecule has 1 rings (SSSR count). The molecule has 0 fully saturated rings. The summed E-state index contributed by atoms with van der Waals surface area (Å²) in [5, 5.41) is 10.6. The summed E-state index contributed by atoms with van der Waals surface area (Å²) in [5.41, 5.74) is 10.8. The van der Waals surface area contributed by atoms with Gasteiger partial charge in [-0.25, -0.2) is 4.79 Å². The minimum absolute atomic E-state index is 0.522. The number of thiophene rings is 1. The number of amides is 2. The molecule has 0 saturated heterocycles. The number of urea groups is 1. The number of rotatable bonds is 3. The van der Waals surface area contributed by atoms with Crippen molar-refractivity contribution in [3.05, 3.63) is 22.4 Å². The number of nitrogens with zero attached hydrogens (tertiary/aromatic N) is 1. The van der Waals surface area contributed by atoms with Gasteiger partial charge >= 0.3 is 6.03 Å². The van der Waals surface area contributed by atoms with Crippen LogP contribution in [0.5, 0.6) is 0 Å². The average molecular weight is 226 g/mol. The van der Waals surface area contributed by atoms with Crippen LogP contribution in [0.25, 0.3) is 0 Å². The Morgan fingerprint density at radius 1 is 1.60 bits per heavy atom. The van der Waals surface area contributed by atoms with Gasteiger partial charge in [-0.1, -0.05) is 0 Å². The van der Waals surface area contributed by atoms with E-state index < -0.39 is 18.0 Å². The van der Waals surface area contributed by atoms with Crippen molar-refractivity contribution in [1.82, 2.24) is 4.90 Å². The number of hydrogen-bond acceptors (Lipinski definition) is 4. The van der Waals surface area contributed by atoms with Crippen molar-refractivity contribution in [2.75, 3.05) is 0 Å². The summed E-state index contributed by atoms with van der Waals surface area (Å²) in [7, 11) is 0. The van der Waals surface area contributed by atoms with Crippen molar-refractivity contribution in [3.63, 3.8) is 0 Å². The van der Waals surface area contributed by atoms with E-state index in [2.05, 4.69) is 0 Å². The van der Waals surface area contributed by atoms with Crippen molar-refractivity contribution < 1.29 is 9.59 Å². The third kappa shape index (κ3) is 2.32. The van der Waals surface area contributed by atoms with Crippen LogP contribution in [0, 0.1) is 5.41 Å². The van der Waals surface area contributed by atoms with Crippen molar-refractivity contribution in [2.45, 2.75) is 6.04 Å². The maximum Gasteiger partial charge on any atom is 0.322 e. The molecule has 1 heterocycles. The molecule has 0 spiro atoms. The molecular weight excluding hydrogens is 216 g/mol. The van der Waals surface area contributed by atoms with E-state index >= 15 is 0 Å². The monoisotopic (exact) mass is 226 g/mol. The van der Waals surface area contributed by atoms with Crippen LogP contribution in [-0.4, -0.2) is 23.2 Å². The largest absolute Gasteiger partial charge is 0.370 e. The highest BCUT2D eigenvalue weighted by molar-refractivity contribution is 7.08. The van der Waals surface area contributed by atoms with Crippen LogP contribution in [0.2, 0.25) is 0 Å². The van der Waals surface area contributed by atoms with Gasteiger partial charge in [0.05, 0.1) is 0 Å². The van der Waals surface area contributed by atoms with Gasteiger partial charge in [0.2, 0.25) is 0 Å². The number of nitrogens with two attached hydrogens (primary N) is 2. The van der Waals surface area contributed by atoms with E-state index in [9.17, 15) is 9.59 Å². The van der Waals surface area contributed by atoms with Gasteiger partial charge in [0, 0.05) is 0 Å². The highest BCUT2D eigenvalue weighted by Crippen LogP contribution is 2.20. The van der Waals surface area contributed by atoms with E-state index in [1.165, 1.54) is 11.3 Å². The number of carbonyl (C=O) groups excluding carboxylic acids is 2. The molecule has 5 N–H and O–H groups in total. The number of primary amides is 1. The molecule has 2 amide bonds. The topological polar surface area (TPSA) is 113 Å². The zero-order chi connectivity index (χ0) is 11.4. The molecule has 0 radical (unpaired) electrons. The van der Waals surface area contributed by atoms with Crippen molar-refractivity contribution in [3.8, 4) is 0 Å². The number of guanidine groups is 1. The molecule has 0 aromatic carbocycles. The molecule has 0 bridgehead atoms. The molecule has 6 nitrogen and oxygen atoms in total. The zero-order valence-electron chi connectivity index (χ0n) is 7.71. The SMILES string of the molecule is N=C(N)N(C(N)=O)C(C=O)c1ccsc1. The summed E-state index contributed by atoms with van der Waals surface area (Å²) in [6.45, 7) is 0. The van der Waals surface area contributed by atoms with Crippen molar-refractivity contribution >= 4 is 29.6 Å². The molecule has 0 aliphatic carbocycles. The molecule has 7 heteroatoms. The van der Waals surface area contributed by atoms with Gasteiger partial charge in [-0.15, -0.1) is 0 Å². The lowest BCUT2D eigenvalue weighted by Crippen LogP contribution is -2.47. The Bertz CT molecular complexity index is 362. The minimum atomic E-state index is -0.925. The summed E-state index contributed by atoms with van der Waals surface area (Å²) in [5.74, 6) is -0.550. The molecule has 0 aliphatic heterocycles. The number of aldehydes is 1. The number of carbonyl (C=O) groups is 2. The summed E-state index contributed by atoms with van der Waals surface area (Å²) in [6, 6.07) is -0.181. The van der Waals surface area contributed by atoms with Crippen molar-refractivity contribution in [1.29, 1.82) is 5.41 Å². The van der Waals surface area contributed by atoms with Gasteiger partial charge in [-0.05, 0) is 22.4 Å². The summed E-state index contributed by atoms with van der Waals surface area (Å²) < 4.78 is 0. The molecule has 15 heavy (non-hydrogen) atoms. The van der Waals surface area contributed by atoms with Crippen LogP contribution in [-0.2, 0) is 4.79 Å². The molecule has 0 saturated carbocycles. The molecular formula is C8H10N4O2S. The maximum absolute atomic E-state index is 11.0. The predicted octanol–water partition coefficient (Wildman–Crippen LogP) is 0.262. The maximum atomic E-state index is 11.0. The second-order valence-electron chi connectivity index (χ2n) is 2.73. The van der Waals surface area contributed by atoms with Crippen LogP contribution in [0.1, 0.15) is 11.6 Å². The Hall–Kier alpha value is -1.89. The van der Waals surface area contributed by atoms with Gasteiger partial charge in [0.15, 0.2) is 5.96 Å². The number of nitrogens with one attached hydrogen (secondary N) is 1. The third-order valence-electron chi connectivity index (χ3n) is 1.79. The first-order valence-corrected chi connectivity index (χ1v) is 4.92. The van der Waals surface area contributed by atoms with E-state index in [1.807, 2.05) is 0 Å². The van der Waals surface area contributed by atoms with Crippen LogP contribution in [0.3, 0.4) is 0 Å². The average Bonchev–Trinajstić information content (AvgIpc) is 2.64. The Morgan fingerprint density at radius 3 is 2.60 bits per heavy atom. The fourth-order valence-corrected chi connectivity index (χ4v) is 1.83. The van der Waals surface area contributed by atoms with E-state index in [1.54, 1.807) is 16.8 Å².